The van der Waals surface area contributed by atoms with E-state index in [1.54, 1.807) is 0 Å². The van der Waals surface area contributed by atoms with Gasteiger partial charge in [0.25, 0.3) is 0 Å². The molecule has 0 fully saturated rings. The van der Waals surface area contributed by atoms with Crippen LogP contribution in [0.5, 0.6) is 0 Å². The normalized spacial score (nSPS) is 11.8. The third-order valence-electron chi connectivity index (χ3n) is 5.75. The molecule has 0 saturated carbocycles. The Labute approximate surface area is 171 Å². The van der Waals surface area contributed by atoms with Crippen molar-refractivity contribution >= 4 is 0 Å². The number of pyridine rings is 2. The molecule has 4 heterocycles. The summed E-state index contributed by atoms with van der Waals surface area (Å²) < 4.78 is 4.05. The van der Waals surface area contributed by atoms with Crippen LogP contribution in [-0.2, 0) is 5.41 Å². The number of aryl methyl sites for hydroxylation is 2. The van der Waals surface area contributed by atoms with Crippen LogP contribution < -0.4 is 0 Å². The van der Waals surface area contributed by atoms with E-state index < -0.39 is 0 Å². The van der Waals surface area contributed by atoms with Gasteiger partial charge in [0.15, 0.2) is 0 Å². The summed E-state index contributed by atoms with van der Waals surface area (Å²) in [5.74, 6) is 1.73. The molecule has 0 N–H and O–H groups in total. The standard InChI is InChI=1S/C23H26N6/c1-15-17(3)28(13-24-15)21-11-7-9-19(26-21)23(5,6)20-10-8-12-22(27-20)29-14-25-16(2)18(29)4/h7-14H,1-6H3. The van der Waals surface area contributed by atoms with Gasteiger partial charge in [-0.2, -0.15) is 0 Å². The summed E-state index contributed by atoms with van der Waals surface area (Å²) in [6.07, 6.45) is 3.65. The zero-order valence-corrected chi connectivity index (χ0v) is 17.8. The topological polar surface area (TPSA) is 61.4 Å². The van der Waals surface area contributed by atoms with Crippen LogP contribution in [0.15, 0.2) is 49.1 Å². The molecule has 0 radical (unpaired) electrons. The Balaban J connectivity index is 1.76. The number of rotatable bonds is 4. The lowest BCUT2D eigenvalue weighted by Crippen LogP contribution is -2.23. The molecule has 0 saturated heterocycles. The highest BCUT2D eigenvalue weighted by atomic mass is 15.1. The van der Waals surface area contributed by atoms with E-state index in [0.717, 1.165) is 45.8 Å². The van der Waals surface area contributed by atoms with Crippen molar-refractivity contribution in [1.29, 1.82) is 0 Å². The van der Waals surface area contributed by atoms with Crippen LogP contribution in [0.1, 0.15) is 48.0 Å². The van der Waals surface area contributed by atoms with Gasteiger partial charge >= 0.3 is 0 Å². The van der Waals surface area contributed by atoms with E-state index in [9.17, 15) is 0 Å². The van der Waals surface area contributed by atoms with Gasteiger partial charge in [0, 0.05) is 16.8 Å². The highest BCUT2D eigenvalue weighted by Gasteiger charge is 2.27. The molecule has 0 aliphatic rings. The van der Waals surface area contributed by atoms with Gasteiger partial charge in [-0.1, -0.05) is 12.1 Å². The molecule has 0 unspecified atom stereocenters. The number of imidazole rings is 2. The van der Waals surface area contributed by atoms with E-state index in [-0.39, 0.29) is 5.41 Å². The number of hydrogen-bond acceptors (Lipinski definition) is 4. The van der Waals surface area contributed by atoms with Gasteiger partial charge in [0.2, 0.25) is 0 Å². The fourth-order valence-electron chi connectivity index (χ4n) is 3.40. The van der Waals surface area contributed by atoms with Crippen LogP contribution >= 0.6 is 0 Å². The maximum Gasteiger partial charge on any atom is 0.138 e. The first-order valence-corrected chi connectivity index (χ1v) is 9.76. The molecule has 0 atom stereocenters. The third-order valence-corrected chi connectivity index (χ3v) is 5.75. The predicted octanol–water partition coefficient (Wildman–Crippen LogP) is 4.41. The Hall–Kier alpha value is -3.28. The molecule has 0 aromatic carbocycles. The Bertz CT molecular complexity index is 1090. The van der Waals surface area contributed by atoms with Gasteiger partial charge in [-0.15, -0.1) is 0 Å². The average Bonchev–Trinajstić information content (AvgIpc) is 3.24. The highest BCUT2D eigenvalue weighted by Crippen LogP contribution is 2.30. The van der Waals surface area contributed by atoms with E-state index in [0.29, 0.717) is 0 Å². The number of hydrogen-bond donors (Lipinski definition) is 0. The van der Waals surface area contributed by atoms with Crippen LogP contribution in [0.2, 0.25) is 0 Å². The third kappa shape index (κ3) is 3.24. The molecule has 0 bridgehead atoms. The van der Waals surface area contributed by atoms with Gasteiger partial charge < -0.3 is 0 Å². The summed E-state index contributed by atoms with van der Waals surface area (Å²) in [6.45, 7) is 12.4. The zero-order chi connectivity index (χ0) is 20.8. The van der Waals surface area contributed by atoms with Crippen molar-refractivity contribution in [1.82, 2.24) is 29.1 Å². The first-order chi connectivity index (χ1) is 13.8. The minimum atomic E-state index is -0.362. The summed E-state index contributed by atoms with van der Waals surface area (Å²) in [6, 6.07) is 12.2. The smallest absolute Gasteiger partial charge is 0.138 e. The fraction of sp³-hybridized carbons (Fsp3) is 0.304. The molecule has 4 rings (SSSR count). The van der Waals surface area contributed by atoms with E-state index in [4.69, 9.17) is 9.97 Å². The van der Waals surface area contributed by atoms with E-state index in [1.807, 2.05) is 59.9 Å². The maximum atomic E-state index is 4.95. The zero-order valence-electron chi connectivity index (χ0n) is 17.8. The summed E-state index contributed by atoms with van der Waals surface area (Å²) in [5, 5.41) is 0. The van der Waals surface area contributed by atoms with Crippen molar-refractivity contribution in [2.45, 2.75) is 47.0 Å². The molecular formula is C23H26N6. The van der Waals surface area contributed by atoms with Gasteiger partial charge in [-0.25, -0.2) is 19.9 Å². The Morgan fingerprint density at radius 3 is 1.41 bits per heavy atom. The summed E-state index contributed by atoms with van der Waals surface area (Å²) in [7, 11) is 0. The van der Waals surface area contributed by atoms with E-state index in [2.05, 4.69) is 49.8 Å². The minimum absolute atomic E-state index is 0.362. The molecule has 148 valence electrons. The predicted molar refractivity (Wildman–Crippen MR) is 114 cm³/mol. The molecule has 4 aromatic heterocycles. The number of aromatic nitrogens is 6. The largest absolute Gasteiger partial charge is 0.287 e. The Morgan fingerprint density at radius 1 is 0.655 bits per heavy atom. The lowest BCUT2D eigenvalue weighted by atomic mass is 9.84. The first-order valence-electron chi connectivity index (χ1n) is 9.76. The lowest BCUT2D eigenvalue weighted by Gasteiger charge is -2.25. The molecule has 0 aliphatic heterocycles. The SMILES string of the molecule is Cc1ncn(-c2cccc(C(C)(C)c3cccc(-n4cnc(C)c4C)n3)n2)c1C. The molecule has 6 nitrogen and oxygen atoms in total. The van der Waals surface area contributed by atoms with Crippen molar-refractivity contribution in [3.8, 4) is 11.6 Å². The molecule has 0 amide bonds. The van der Waals surface area contributed by atoms with Gasteiger partial charge in [0.1, 0.15) is 24.3 Å². The van der Waals surface area contributed by atoms with Crippen molar-refractivity contribution < 1.29 is 0 Å². The molecule has 0 spiro atoms. The minimum Gasteiger partial charge on any atom is -0.287 e. The molecular weight excluding hydrogens is 360 g/mol. The van der Waals surface area contributed by atoms with E-state index >= 15 is 0 Å². The number of nitrogens with zero attached hydrogens (tertiary/aromatic N) is 6. The lowest BCUT2D eigenvalue weighted by molar-refractivity contribution is 0.591. The maximum absolute atomic E-state index is 4.95. The molecule has 29 heavy (non-hydrogen) atoms. The Kier molecular flexibility index (Phi) is 4.57. The van der Waals surface area contributed by atoms with Crippen LogP contribution in [0.4, 0.5) is 0 Å². The van der Waals surface area contributed by atoms with Gasteiger partial charge in [-0.05, 0) is 65.8 Å². The van der Waals surface area contributed by atoms with Crippen LogP contribution in [0.25, 0.3) is 11.6 Å². The average molecular weight is 387 g/mol. The first kappa shape index (κ1) is 19.1. The Morgan fingerprint density at radius 2 is 1.07 bits per heavy atom. The van der Waals surface area contributed by atoms with Crippen molar-refractivity contribution in [3.05, 3.63) is 83.2 Å². The highest BCUT2D eigenvalue weighted by molar-refractivity contribution is 5.38. The summed E-state index contributed by atoms with van der Waals surface area (Å²) in [5.41, 5.74) is 5.78. The van der Waals surface area contributed by atoms with Gasteiger partial charge in [0.05, 0.1) is 22.8 Å². The van der Waals surface area contributed by atoms with Crippen molar-refractivity contribution in [2.24, 2.45) is 0 Å². The van der Waals surface area contributed by atoms with E-state index in [1.165, 1.54) is 0 Å². The monoisotopic (exact) mass is 386 g/mol. The molecule has 4 aromatic rings. The second kappa shape index (κ2) is 6.95. The van der Waals surface area contributed by atoms with Crippen LogP contribution in [0, 0.1) is 27.7 Å². The second-order valence-electron chi connectivity index (χ2n) is 7.96. The molecule has 6 heteroatoms. The summed E-state index contributed by atoms with van der Waals surface area (Å²) in [4.78, 5) is 18.7. The fourth-order valence-corrected chi connectivity index (χ4v) is 3.40. The molecule has 0 aliphatic carbocycles. The van der Waals surface area contributed by atoms with Crippen molar-refractivity contribution in [2.75, 3.05) is 0 Å². The van der Waals surface area contributed by atoms with Crippen LogP contribution in [0.3, 0.4) is 0 Å². The quantitative estimate of drug-likeness (QED) is 0.521. The van der Waals surface area contributed by atoms with Crippen LogP contribution in [-0.4, -0.2) is 29.1 Å². The van der Waals surface area contributed by atoms with Gasteiger partial charge in [-0.3, -0.25) is 9.13 Å². The van der Waals surface area contributed by atoms with Crippen molar-refractivity contribution in [3.63, 3.8) is 0 Å². The summed E-state index contributed by atoms with van der Waals surface area (Å²) >= 11 is 0. The second-order valence-corrected chi connectivity index (χ2v) is 7.96.